The van der Waals surface area contributed by atoms with Crippen LogP contribution in [0.25, 0.3) is 5.69 Å². The first-order valence-corrected chi connectivity index (χ1v) is 8.13. The Morgan fingerprint density at radius 2 is 2.12 bits per heavy atom. The zero-order chi connectivity index (χ0) is 17.1. The quantitative estimate of drug-likeness (QED) is 0.844. The number of para-hydroxylation sites is 1. The summed E-state index contributed by atoms with van der Waals surface area (Å²) in [6, 6.07) is 9.88. The number of rotatable bonds is 5. The SMILES string of the molecule is COC(=O)[C@@H]1C[C@H](O)[C@@H](N(C)Cc2cnn(-c3ccccc3)c2)C1. The van der Waals surface area contributed by atoms with E-state index in [4.69, 9.17) is 4.74 Å². The number of carbonyl (C=O) groups is 1. The number of ether oxygens (including phenoxy) is 1. The van der Waals surface area contributed by atoms with E-state index in [2.05, 4.69) is 10.00 Å². The van der Waals surface area contributed by atoms with Gasteiger partial charge in [0.25, 0.3) is 0 Å². The number of carbonyl (C=O) groups excluding carboxylic acids is 1. The minimum Gasteiger partial charge on any atom is -0.469 e. The third kappa shape index (κ3) is 3.49. The van der Waals surface area contributed by atoms with E-state index >= 15 is 0 Å². The fraction of sp³-hybridized carbons (Fsp3) is 0.444. The van der Waals surface area contributed by atoms with Gasteiger partial charge in [-0.25, -0.2) is 4.68 Å². The summed E-state index contributed by atoms with van der Waals surface area (Å²) in [6.07, 6.45) is 4.40. The van der Waals surface area contributed by atoms with Crippen LogP contribution in [0.5, 0.6) is 0 Å². The second-order valence-electron chi connectivity index (χ2n) is 6.37. The van der Waals surface area contributed by atoms with Crippen molar-refractivity contribution in [2.24, 2.45) is 5.92 Å². The van der Waals surface area contributed by atoms with Crippen molar-refractivity contribution in [2.75, 3.05) is 14.2 Å². The van der Waals surface area contributed by atoms with Crippen LogP contribution in [0.1, 0.15) is 18.4 Å². The van der Waals surface area contributed by atoms with Gasteiger partial charge in [-0.3, -0.25) is 9.69 Å². The van der Waals surface area contributed by atoms with Crippen LogP contribution in [0.3, 0.4) is 0 Å². The van der Waals surface area contributed by atoms with Crippen LogP contribution in [0, 0.1) is 5.92 Å². The molecule has 0 unspecified atom stereocenters. The van der Waals surface area contributed by atoms with Gasteiger partial charge in [-0.1, -0.05) is 18.2 Å². The first-order valence-electron chi connectivity index (χ1n) is 8.13. The molecule has 1 fully saturated rings. The van der Waals surface area contributed by atoms with Crippen molar-refractivity contribution in [3.8, 4) is 5.69 Å². The van der Waals surface area contributed by atoms with E-state index in [1.165, 1.54) is 7.11 Å². The van der Waals surface area contributed by atoms with Gasteiger partial charge in [-0.15, -0.1) is 0 Å². The van der Waals surface area contributed by atoms with Gasteiger partial charge in [0, 0.05) is 24.3 Å². The van der Waals surface area contributed by atoms with E-state index in [9.17, 15) is 9.90 Å². The van der Waals surface area contributed by atoms with Crippen molar-refractivity contribution in [2.45, 2.75) is 31.5 Å². The number of aliphatic hydroxyl groups is 1. The monoisotopic (exact) mass is 329 g/mol. The zero-order valence-electron chi connectivity index (χ0n) is 14.0. The minimum atomic E-state index is -0.511. The zero-order valence-corrected chi connectivity index (χ0v) is 14.0. The molecule has 2 aromatic rings. The van der Waals surface area contributed by atoms with Gasteiger partial charge in [-0.2, -0.15) is 5.10 Å². The number of aromatic nitrogens is 2. The van der Waals surface area contributed by atoms with E-state index in [1.54, 1.807) is 0 Å². The number of benzene rings is 1. The molecular formula is C18H23N3O3. The second kappa shape index (κ2) is 7.15. The van der Waals surface area contributed by atoms with Gasteiger partial charge in [0.2, 0.25) is 0 Å². The molecular weight excluding hydrogens is 306 g/mol. The van der Waals surface area contributed by atoms with E-state index in [0.29, 0.717) is 19.4 Å². The average Bonchev–Trinajstić information content (AvgIpc) is 3.21. The summed E-state index contributed by atoms with van der Waals surface area (Å²) in [7, 11) is 3.36. The first kappa shape index (κ1) is 16.7. The topological polar surface area (TPSA) is 67.6 Å². The fourth-order valence-electron chi connectivity index (χ4n) is 3.40. The summed E-state index contributed by atoms with van der Waals surface area (Å²) in [5.74, 6) is -0.452. The maximum absolute atomic E-state index is 11.7. The van der Waals surface area contributed by atoms with Gasteiger partial charge in [0.15, 0.2) is 0 Å². The first-order chi connectivity index (χ1) is 11.6. The summed E-state index contributed by atoms with van der Waals surface area (Å²) in [4.78, 5) is 13.8. The molecule has 0 bridgehead atoms. The van der Waals surface area contributed by atoms with Crippen molar-refractivity contribution < 1.29 is 14.6 Å². The summed E-state index contributed by atoms with van der Waals surface area (Å²) in [5.41, 5.74) is 2.08. The molecule has 1 N–H and O–H groups in total. The lowest BCUT2D eigenvalue weighted by Crippen LogP contribution is -2.37. The molecule has 1 aromatic heterocycles. The highest BCUT2D eigenvalue weighted by molar-refractivity contribution is 5.72. The Labute approximate surface area is 141 Å². The average molecular weight is 329 g/mol. The fourth-order valence-corrected chi connectivity index (χ4v) is 3.40. The van der Waals surface area contributed by atoms with Gasteiger partial charge in [0.1, 0.15) is 0 Å². The van der Waals surface area contributed by atoms with Crippen LogP contribution in [0.2, 0.25) is 0 Å². The van der Waals surface area contributed by atoms with Crippen LogP contribution in [0.4, 0.5) is 0 Å². The van der Waals surface area contributed by atoms with Crippen LogP contribution >= 0.6 is 0 Å². The molecule has 0 aliphatic heterocycles. The Morgan fingerprint density at radius 1 is 1.38 bits per heavy atom. The molecule has 24 heavy (non-hydrogen) atoms. The normalized spacial score (nSPS) is 23.6. The Bertz CT molecular complexity index is 686. The summed E-state index contributed by atoms with van der Waals surface area (Å²) >= 11 is 0. The molecule has 6 nitrogen and oxygen atoms in total. The van der Waals surface area contributed by atoms with Crippen molar-refractivity contribution in [1.82, 2.24) is 14.7 Å². The largest absolute Gasteiger partial charge is 0.469 e. The third-order valence-corrected chi connectivity index (χ3v) is 4.69. The lowest BCUT2D eigenvalue weighted by Gasteiger charge is -2.26. The van der Waals surface area contributed by atoms with Gasteiger partial charge < -0.3 is 9.84 Å². The predicted molar refractivity (Wildman–Crippen MR) is 89.6 cm³/mol. The molecule has 1 aliphatic rings. The lowest BCUT2D eigenvalue weighted by atomic mass is 10.1. The number of likely N-dealkylation sites (N-methyl/N-ethyl adjacent to an activating group) is 1. The second-order valence-corrected chi connectivity index (χ2v) is 6.37. The van der Waals surface area contributed by atoms with E-state index < -0.39 is 6.10 Å². The molecule has 1 saturated carbocycles. The molecule has 3 atom stereocenters. The number of hydrogen-bond acceptors (Lipinski definition) is 5. The van der Waals surface area contributed by atoms with E-state index in [1.807, 2.05) is 54.5 Å². The van der Waals surface area contributed by atoms with Crippen LogP contribution in [-0.4, -0.2) is 52.1 Å². The molecule has 0 amide bonds. The minimum absolute atomic E-state index is 0.0471. The van der Waals surface area contributed by atoms with Crippen molar-refractivity contribution in [1.29, 1.82) is 0 Å². The molecule has 1 aromatic carbocycles. The summed E-state index contributed by atoms with van der Waals surface area (Å²) < 4.78 is 6.64. The van der Waals surface area contributed by atoms with E-state index in [-0.39, 0.29) is 17.9 Å². The molecule has 1 heterocycles. The number of nitrogens with zero attached hydrogens (tertiary/aromatic N) is 3. The summed E-state index contributed by atoms with van der Waals surface area (Å²) in [5, 5.41) is 14.7. The smallest absolute Gasteiger partial charge is 0.308 e. The third-order valence-electron chi connectivity index (χ3n) is 4.69. The standard InChI is InChI=1S/C18H23N3O3/c1-20(16-8-14(9-17(16)22)18(23)24-2)11-13-10-19-21(12-13)15-6-4-3-5-7-15/h3-7,10,12,14,16-17,22H,8-9,11H2,1-2H3/t14-,16-,17-/m0/s1. The molecule has 0 saturated heterocycles. The molecule has 1 aliphatic carbocycles. The van der Waals surface area contributed by atoms with Crippen molar-refractivity contribution >= 4 is 5.97 Å². The van der Waals surface area contributed by atoms with Crippen LogP contribution in [0.15, 0.2) is 42.7 Å². The van der Waals surface area contributed by atoms with Crippen molar-refractivity contribution in [3.63, 3.8) is 0 Å². The molecule has 0 radical (unpaired) electrons. The van der Waals surface area contributed by atoms with Gasteiger partial charge in [0.05, 0.1) is 31.0 Å². The predicted octanol–water partition coefficient (Wildman–Crippen LogP) is 1.62. The van der Waals surface area contributed by atoms with Crippen molar-refractivity contribution in [3.05, 3.63) is 48.3 Å². The highest BCUT2D eigenvalue weighted by Gasteiger charge is 2.39. The molecule has 6 heteroatoms. The van der Waals surface area contributed by atoms with E-state index in [0.717, 1.165) is 11.3 Å². The van der Waals surface area contributed by atoms with Gasteiger partial charge in [-0.05, 0) is 32.0 Å². The highest BCUT2D eigenvalue weighted by atomic mass is 16.5. The van der Waals surface area contributed by atoms with Gasteiger partial charge >= 0.3 is 5.97 Å². The maximum atomic E-state index is 11.7. The molecule has 128 valence electrons. The number of methoxy groups -OCH3 is 1. The van der Waals surface area contributed by atoms with Crippen LogP contribution in [-0.2, 0) is 16.1 Å². The Hall–Kier alpha value is -2.18. The van der Waals surface area contributed by atoms with Crippen LogP contribution < -0.4 is 0 Å². The lowest BCUT2D eigenvalue weighted by molar-refractivity contribution is -0.145. The Balaban J connectivity index is 1.64. The number of esters is 1. The Morgan fingerprint density at radius 3 is 2.83 bits per heavy atom. The number of aliphatic hydroxyl groups excluding tert-OH is 1. The molecule has 0 spiro atoms. The maximum Gasteiger partial charge on any atom is 0.308 e. The highest BCUT2D eigenvalue weighted by Crippen LogP contribution is 2.30. The number of hydrogen-bond donors (Lipinski definition) is 1. The molecule has 3 rings (SSSR count). The summed E-state index contributed by atoms with van der Waals surface area (Å²) in [6.45, 7) is 0.669. The Kier molecular flexibility index (Phi) is 4.97.